The maximum atomic E-state index is 12.2. The minimum absolute atomic E-state index is 0.210. The van der Waals surface area contributed by atoms with Crippen molar-refractivity contribution in [2.45, 2.75) is 24.8 Å². The first kappa shape index (κ1) is 19.2. The Morgan fingerprint density at radius 1 is 1.03 bits per heavy atom. The molecule has 0 N–H and O–H groups in total. The van der Waals surface area contributed by atoms with Gasteiger partial charge in [-0.05, 0) is 48.9 Å². The molecule has 0 fully saturated rings. The van der Waals surface area contributed by atoms with Gasteiger partial charge in [0.2, 0.25) is 5.89 Å². The Balaban J connectivity index is 1.35. The highest BCUT2D eigenvalue weighted by Crippen LogP contribution is 2.26. The third-order valence-electron chi connectivity index (χ3n) is 4.47. The lowest BCUT2D eigenvalue weighted by Crippen LogP contribution is -2.11. The normalized spacial score (nSPS) is 12.1. The Morgan fingerprint density at radius 2 is 1.79 bits per heavy atom. The zero-order valence-corrected chi connectivity index (χ0v) is 17.0. The van der Waals surface area contributed by atoms with Crippen molar-refractivity contribution in [3.8, 4) is 11.5 Å². The molecule has 29 heavy (non-hydrogen) atoms. The minimum atomic E-state index is -0.605. The average Bonchev–Trinajstić information content (AvgIpc) is 3.23. The highest BCUT2D eigenvalue weighted by atomic mass is 32.2. The summed E-state index contributed by atoms with van der Waals surface area (Å²) in [6, 6.07) is 22.1. The first-order valence-corrected chi connectivity index (χ1v) is 10.3. The van der Waals surface area contributed by atoms with Crippen LogP contribution in [0.4, 0.5) is 0 Å². The Hall–Kier alpha value is -3.12. The summed E-state index contributed by atoms with van der Waals surface area (Å²) in [5.74, 6) is 0.575. The van der Waals surface area contributed by atoms with E-state index in [0.29, 0.717) is 5.89 Å². The van der Waals surface area contributed by atoms with E-state index in [1.165, 1.54) is 17.1 Å². The van der Waals surface area contributed by atoms with Crippen molar-refractivity contribution in [2.24, 2.45) is 0 Å². The first-order chi connectivity index (χ1) is 14.1. The maximum Gasteiger partial charge on any atom is 0.317 e. The number of carbonyl (C=O) groups excluding carboxylic acids is 1. The number of nitrogens with zero attached hydrogens (tertiary/aromatic N) is 2. The molecule has 0 unspecified atom stereocenters. The number of hydrogen-bond donors (Lipinski definition) is 0. The summed E-state index contributed by atoms with van der Waals surface area (Å²) in [4.78, 5) is 13.3. The van der Waals surface area contributed by atoms with Crippen LogP contribution in [0.2, 0.25) is 0 Å². The lowest BCUT2D eigenvalue weighted by Gasteiger charge is -2.09. The zero-order chi connectivity index (χ0) is 20.2. The van der Waals surface area contributed by atoms with Gasteiger partial charge in [0.25, 0.3) is 5.89 Å². The van der Waals surface area contributed by atoms with E-state index < -0.39 is 6.10 Å². The summed E-state index contributed by atoms with van der Waals surface area (Å²) >= 11 is 1.44. The third kappa shape index (κ3) is 4.66. The standard InChI is InChI=1S/C23H20N2O3S/c1-15-7-9-18(10-8-15)23-25-24-22(28-23)16(2)27-21(26)14-29-20-12-11-17-5-3-4-6-19(17)13-20/h3-13,16H,14H2,1-2H3/t16-/m0/s1. The number of aryl methyl sites for hydroxylation is 1. The van der Waals surface area contributed by atoms with Crippen molar-refractivity contribution in [3.05, 3.63) is 78.2 Å². The maximum absolute atomic E-state index is 12.2. The quantitative estimate of drug-likeness (QED) is 0.308. The molecule has 1 heterocycles. The third-order valence-corrected chi connectivity index (χ3v) is 5.44. The number of esters is 1. The molecule has 0 radical (unpaired) electrons. The number of aromatic nitrogens is 2. The minimum Gasteiger partial charge on any atom is -0.452 e. The molecule has 4 aromatic rings. The molecule has 1 atom stereocenters. The molecule has 3 aromatic carbocycles. The van der Waals surface area contributed by atoms with Gasteiger partial charge < -0.3 is 9.15 Å². The predicted molar refractivity (Wildman–Crippen MR) is 114 cm³/mol. The van der Waals surface area contributed by atoms with Gasteiger partial charge in [0, 0.05) is 10.5 Å². The molecule has 146 valence electrons. The zero-order valence-electron chi connectivity index (χ0n) is 16.2. The Bertz CT molecular complexity index is 1140. The lowest BCUT2D eigenvalue weighted by atomic mass is 10.1. The van der Waals surface area contributed by atoms with Crippen LogP contribution in [0.5, 0.6) is 0 Å². The smallest absolute Gasteiger partial charge is 0.317 e. The van der Waals surface area contributed by atoms with Gasteiger partial charge in [0.1, 0.15) is 0 Å². The molecule has 0 spiro atoms. The van der Waals surface area contributed by atoms with Crippen LogP contribution in [0.15, 0.2) is 76.0 Å². The second-order valence-corrected chi connectivity index (χ2v) is 7.79. The van der Waals surface area contributed by atoms with Gasteiger partial charge in [-0.2, -0.15) is 0 Å². The van der Waals surface area contributed by atoms with Crippen molar-refractivity contribution in [2.75, 3.05) is 5.75 Å². The molecule has 0 saturated carbocycles. The lowest BCUT2D eigenvalue weighted by molar-refractivity contribution is -0.146. The predicted octanol–water partition coefficient (Wildman–Crippen LogP) is 5.59. The van der Waals surface area contributed by atoms with Crippen LogP contribution >= 0.6 is 11.8 Å². The summed E-state index contributed by atoms with van der Waals surface area (Å²) in [6.45, 7) is 3.74. The number of ether oxygens (including phenoxy) is 1. The van der Waals surface area contributed by atoms with Crippen LogP contribution in [0.1, 0.15) is 24.5 Å². The van der Waals surface area contributed by atoms with E-state index in [4.69, 9.17) is 9.15 Å². The summed E-state index contributed by atoms with van der Waals surface area (Å²) in [6.07, 6.45) is -0.605. The van der Waals surface area contributed by atoms with Gasteiger partial charge in [-0.3, -0.25) is 4.79 Å². The highest BCUT2D eigenvalue weighted by molar-refractivity contribution is 8.00. The number of rotatable bonds is 6. The number of carbonyl (C=O) groups is 1. The molecule has 0 saturated heterocycles. The largest absolute Gasteiger partial charge is 0.452 e. The van der Waals surface area contributed by atoms with Crippen molar-refractivity contribution < 1.29 is 13.9 Å². The number of fused-ring (bicyclic) bond motifs is 1. The van der Waals surface area contributed by atoms with Crippen LogP contribution in [0, 0.1) is 6.92 Å². The van der Waals surface area contributed by atoms with Gasteiger partial charge in [-0.15, -0.1) is 22.0 Å². The van der Waals surface area contributed by atoms with E-state index in [0.717, 1.165) is 21.4 Å². The highest BCUT2D eigenvalue weighted by Gasteiger charge is 2.19. The molecule has 0 aliphatic carbocycles. The molecule has 6 heteroatoms. The van der Waals surface area contributed by atoms with Gasteiger partial charge >= 0.3 is 5.97 Å². The Kier molecular flexibility index (Phi) is 5.62. The molecular weight excluding hydrogens is 384 g/mol. The van der Waals surface area contributed by atoms with Gasteiger partial charge in [-0.25, -0.2) is 0 Å². The van der Waals surface area contributed by atoms with Crippen molar-refractivity contribution in [1.82, 2.24) is 10.2 Å². The van der Waals surface area contributed by atoms with Crippen molar-refractivity contribution >= 4 is 28.5 Å². The molecule has 0 amide bonds. The van der Waals surface area contributed by atoms with E-state index in [1.807, 2.05) is 49.4 Å². The van der Waals surface area contributed by atoms with Crippen LogP contribution in [-0.2, 0) is 9.53 Å². The van der Waals surface area contributed by atoms with E-state index in [-0.39, 0.29) is 17.6 Å². The summed E-state index contributed by atoms with van der Waals surface area (Å²) in [7, 11) is 0. The molecule has 0 bridgehead atoms. The molecule has 4 rings (SSSR count). The van der Waals surface area contributed by atoms with E-state index in [1.54, 1.807) is 6.92 Å². The van der Waals surface area contributed by atoms with Crippen LogP contribution in [0.3, 0.4) is 0 Å². The second kappa shape index (κ2) is 8.49. The number of benzene rings is 3. The van der Waals surface area contributed by atoms with E-state index in [9.17, 15) is 4.79 Å². The summed E-state index contributed by atoms with van der Waals surface area (Å²) < 4.78 is 11.1. The molecule has 1 aromatic heterocycles. The topological polar surface area (TPSA) is 65.2 Å². The molecule has 0 aliphatic rings. The molecule has 0 aliphatic heterocycles. The summed E-state index contributed by atoms with van der Waals surface area (Å²) in [5, 5.41) is 10.4. The summed E-state index contributed by atoms with van der Waals surface area (Å²) in [5.41, 5.74) is 1.99. The van der Waals surface area contributed by atoms with E-state index >= 15 is 0 Å². The Morgan fingerprint density at radius 3 is 2.59 bits per heavy atom. The van der Waals surface area contributed by atoms with Crippen molar-refractivity contribution in [1.29, 1.82) is 0 Å². The van der Waals surface area contributed by atoms with Gasteiger partial charge in [-0.1, -0.05) is 48.0 Å². The van der Waals surface area contributed by atoms with Crippen molar-refractivity contribution in [3.63, 3.8) is 0 Å². The second-order valence-electron chi connectivity index (χ2n) is 6.74. The van der Waals surface area contributed by atoms with E-state index in [2.05, 4.69) is 34.5 Å². The fourth-order valence-corrected chi connectivity index (χ4v) is 3.62. The average molecular weight is 404 g/mol. The fourth-order valence-electron chi connectivity index (χ4n) is 2.89. The first-order valence-electron chi connectivity index (χ1n) is 9.30. The number of thioether (sulfide) groups is 1. The number of hydrogen-bond acceptors (Lipinski definition) is 6. The Labute approximate surface area is 173 Å². The van der Waals surface area contributed by atoms with Crippen LogP contribution < -0.4 is 0 Å². The van der Waals surface area contributed by atoms with Gasteiger partial charge in [0.05, 0.1) is 5.75 Å². The van der Waals surface area contributed by atoms with Crippen LogP contribution in [-0.4, -0.2) is 21.9 Å². The van der Waals surface area contributed by atoms with Gasteiger partial charge in [0.15, 0.2) is 6.10 Å². The van der Waals surface area contributed by atoms with Crippen LogP contribution in [0.25, 0.3) is 22.2 Å². The molecule has 5 nitrogen and oxygen atoms in total. The fraction of sp³-hybridized carbons (Fsp3) is 0.174. The molecular formula is C23H20N2O3S. The monoisotopic (exact) mass is 404 g/mol. The SMILES string of the molecule is Cc1ccc(-c2nnc([C@H](C)OC(=O)CSc3ccc4ccccc4c3)o2)cc1.